The summed E-state index contributed by atoms with van der Waals surface area (Å²) in [6.07, 6.45) is 3.10. The van der Waals surface area contributed by atoms with Gasteiger partial charge in [0.1, 0.15) is 18.1 Å². The summed E-state index contributed by atoms with van der Waals surface area (Å²) in [5.74, 6) is 0.565. The Morgan fingerprint density at radius 1 is 0.935 bits per heavy atom. The Kier molecular flexibility index (Phi) is 7.43. The van der Waals surface area contributed by atoms with Gasteiger partial charge < -0.3 is 20.1 Å². The quantitative estimate of drug-likeness (QED) is 0.537. The third-order valence-electron chi connectivity index (χ3n) is 4.49. The van der Waals surface area contributed by atoms with Crippen molar-refractivity contribution in [1.29, 1.82) is 0 Å². The highest BCUT2D eigenvalue weighted by molar-refractivity contribution is 6.07. The number of amides is 2. The van der Waals surface area contributed by atoms with Crippen LogP contribution in [-0.2, 0) is 11.4 Å². The Balaban J connectivity index is 1.66. The van der Waals surface area contributed by atoms with Gasteiger partial charge in [-0.25, -0.2) is 0 Å². The average Bonchev–Trinajstić information content (AvgIpc) is 2.82. The van der Waals surface area contributed by atoms with E-state index in [1.807, 2.05) is 54.6 Å². The SMILES string of the molecule is CNC(=O)c1cc(OC)ccc1NC(=O)C=Cc1cccc(OCc2ccccc2)c1. The van der Waals surface area contributed by atoms with E-state index < -0.39 is 0 Å². The molecule has 3 aromatic rings. The maximum absolute atomic E-state index is 12.4. The van der Waals surface area contributed by atoms with E-state index in [1.165, 1.54) is 20.2 Å². The monoisotopic (exact) mass is 416 g/mol. The van der Waals surface area contributed by atoms with Crippen LogP contribution in [-0.4, -0.2) is 26.0 Å². The summed E-state index contributed by atoms with van der Waals surface area (Å²) in [5.41, 5.74) is 2.62. The molecule has 0 atom stereocenters. The molecule has 0 spiro atoms. The highest BCUT2D eigenvalue weighted by Gasteiger charge is 2.13. The second-order valence-corrected chi connectivity index (χ2v) is 6.66. The van der Waals surface area contributed by atoms with Crippen molar-refractivity contribution in [3.05, 3.63) is 95.6 Å². The Hall–Kier alpha value is -4.06. The van der Waals surface area contributed by atoms with Crippen LogP contribution in [0.5, 0.6) is 11.5 Å². The molecule has 0 saturated carbocycles. The molecule has 0 fully saturated rings. The topological polar surface area (TPSA) is 76.7 Å². The molecule has 0 bridgehead atoms. The largest absolute Gasteiger partial charge is 0.497 e. The first-order valence-electron chi connectivity index (χ1n) is 9.75. The molecule has 3 rings (SSSR count). The molecule has 0 heterocycles. The van der Waals surface area contributed by atoms with Crippen molar-refractivity contribution in [2.45, 2.75) is 6.61 Å². The van der Waals surface area contributed by atoms with Crippen molar-refractivity contribution in [2.24, 2.45) is 0 Å². The summed E-state index contributed by atoms with van der Waals surface area (Å²) in [6.45, 7) is 0.467. The number of hydrogen-bond acceptors (Lipinski definition) is 4. The summed E-state index contributed by atoms with van der Waals surface area (Å²) in [7, 11) is 3.04. The van der Waals surface area contributed by atoms with Crippen LogP contribution in [0.2, 0.25) is 0 Å². The molecule has 0 aromatic heterocycles. The van der Waals surface area contributed by atoms with Crippen molar-refractivity contribution >= 4 is 23.6 Å². The lowest BCUT2D eigenvalue weighted by Gasteiger charge is -2.10. The number of hydrogen-bond donors (Lipinski definition) is 2. The molecule has 0 saturated heterocycles. The van der Waals surface area contributed by atoms with Crippen LogP contribution in [0.3, 0.4) is 0 Å². The van der Waals surface area contributed by atoms with Gasteiger partial charge in [0.25, 0.3) is 5.91 Å². The van der Waals surface area contributed by atoms with Gasteiger partial charge >= 0.3 is 0 Å². The second kappa shape index (κ2) is 10.6. The van der Waals surface area contributed by atoms with Crippen LogP contribution in [0.25, 0.3) is 6.08 Å². The van der Waals surface area contributed by atoms with Crippen LogP contribution in [0, 0.1) is 0 Å². The Bertz CT molecular complexity index is 1080. The first-order chi connectivity index (χ1) is 15.1. The molecule has 6 nitrogen and oxygen atoms in total. The van der Waals surface area contributed by atoms with E-state index in [1.54, 1.807) is 24.3 Å². The molecule has 6 heteroatoms. The van der Waals surface area contributed by atoms with E-state index in [4.69, 9.17) is 9.47 Å². The minimum Gasteiger partial charge on any atom is -0.497 e. The predicted octanol–water partition coefficient (Wildman–Crippen LogP) is 4.29. The molecule has 0 aliphatic rings. The highest BCUT2D eigenvalue weighted by atomic mass is 16.5. The number of benzene rings is 3. The lowest BCUT2D eigenvalue weighted by Crippen LogP contribution is -2.21. The highest BCUT2D eigenvalue weighted by Crippen LogP contribution is 2.22. The van der Waals surface area contributed by atoms with Gasteiger partial charge in [-0.3, -0.25) is 9.59 Å². The van der Waals surface area contributed by atoms with Gasteiger partial charge in [0.2, 0.25) is 5.91 Å². The van der Waals surface area contributed by atoms with Gasteiger partial charge in [-0.15, -0.1) is 0 Å². The third kappa shape index (κ3) is 6.21. The van der Waals surface area contributed by atoms with Gasteiger partial charge in [-0.1, -0.05) is 42.5 Å². The zero-order valence-electron chi connectivity index (χ0n) is 17.4. The maximum Gasteiger partial charge on any atom is 0.253 e. The molecule has 3 aromatic carbocycles. The molecular formula is C25H24N2O4. The molecule has 2 amide bonds. The van der Waals surface area contributed by atoms with E-state index in [2.05, 4.69) is 10.6 Å². The molecule has 0 aliphatic heterocycles. The van der Waals surface area contributed by atoms with E-state index in [-0.39, 0.29) is 11.8 Å². The van der Waals surface area contributed by atoms with Gasteiger partial charge in [0.05, 0.1) is 18.4 Å². The van der Waals surface area contributed by atoms with Crippen LogP contribution in [0.1, 0.15) is 21.5 Å². The van der Waals surface area contributed by atoms with E-state index >= 15 is 0 Å². The lowest BCUT2D eigenvalue weighted by atomic mass is 10.1. The first-order valence-corrected chi connectivity index (χ1v) is 9.75. The summed E-state index contributed by atoms with van der Waals surface area (Å²) >= 11 is 0. The van der Waals surface area contributed by atoms with Crippen molar-refractivity contribution in [3.8, 4) is 11.5 Å². The van der Waals surface area contributed by atoms with Crippen LogP contribution >= 0.6 is 0 Å². The molecule has 31 heavy (non-hydrogen) atoms. The minimum atomic E-state index is -0.356. The van der Waals surface area contributed by atoms with Gasteiger partial charge in [-0.2, -0.15) is 0 Å². The fourth-order valence-corrected chi connectivity index (χ4v) is 2.88. The fourth-order valence-electron chi connectivity index (χ4n) is 2.88. The second-order valence-electron chi connectivity index (χ2n) is 6.66. The lowest BCUT2D eigenvalue weighted by molar-refractivity contribution is -0.111. The molecule has 158 valence electrons. The van der Waals surface area contributed by atoms with Crippen molar-refractivity contribution in [2.75, 3.05) is 19.5 Å². The fraction of sp³-hybridized carbons (Fsp3) is 0.120. The zero-order valence-corrected chi connectivity index (χ0v) is 17.4. The summed E-state index contributed by atoms with van der Waals surface area (Å²) < 4.78 is 11.0. The molecule has 0 unspecified atom stereocenters. The number of anilines is 1. The third-order valence-corrected chi connectivity index (χ3v) is 4.49. The standard InChI is InChI=1S/C25H24N2O4/c1-26-25(29)22-16-20(30-2)12-13-23(22)27-24(28)14-11-18-9-6-10-21(15-18)31-17-19-7-4-3-5-8-19/h3-16H,17H2,1-2H3,(H,26,29)(H,27,28). The molecule has 0 radical (unpaired) electrons. The van der Waals surface area contributed by atoms with Gasteiger partial charge in [0.15, 0.2) is 0 Å². The van der Waals surface area contributed by atoms with Crippen LogP contribution in [0.15, 0.2) is 78.9 Å². The number of ether oxygens (including phenoxy) is 2. The molecule has 2 N–H and O–H groups in total. The Morgan fingerprint density at radius 2 is 1.74 bits per heavy atom. The number of carbonyl (C=O) groups is 2. The number of methoxy groups -OCH3 is 1. The zero-order chi connectivity index (χ0) is 22.1. The number of carbonyl (C=O) groups excluding carboxylic acids is 2. The number of rotatable bonds is 8. The smallest absolute Gasteiger partial charge is 0.253 e. The summed E-state index contributed by atoms with van der Waals surface area (Å²) in [6, 6.07) is 22.3. The Morgan fingerprint density at radius 3 is 2.48 bits per heavy atom. The molecular weight excluding hydrogens is 392 g/mol. The summed E-state index contributed by atoms with van der Waals surface area (Å²) in [5, 5.41) is 5.29. The Labute approximate surface area is 181 Å². The predicted molar refractivity (Wildman–Crippen MR) is 121 cm³/mol. The minimum absolute atomic E-state index is 0.318. The van der Waals surface area contributed by atoms with Crippen molar-refractivity contribution < 1.29 is 19.1 Å². The molecule has 0 aliphatic carbocycles. The average molecular weight is 416 g/mol. The summed E-state index contributed by atoms with van der Waals surface area (Å²) in [4.78, 5) is 24.5. The van der Waals surface area contributed by atoms with E-state index in [9.17, 15) is 9.59 Å². The first kappa shape index (κ1) is 21.6. The van der Waals surface area contributed by atoms with Gasteiger partial charge in [0, 0.05) is 13.1 Å². The van der Waals surface area contributed by atoms with Crippen molar-refractivity contribution in [1.82, 2.24) is 5.32 Å². The van der Waals surface area contributed by atoms with Gasteiger partial charge in [-0.05, 0) is 47.5 Å². The van der Waals surface area contributed by atoms with Crippen LogP contribution in [0.4, 0.5) is 5.69 Å². The maximum atomic E-state index is 12.4. The van der Waals surface area contributed by atoms with E-state index in [0.717, 1.165) is 11.1 Å². The normalized spacial score (nSPS) is 10.5. The van der Waals surface area contributed by atoms with Crippen LogP contribution < -0.4 is 20.1 Å². The van der Waals surface area contributed by atoms with E-state index in [0.29, 0.717) is 29.4 Å². The number of nitrogens with one attached hydrogen (secondary N) is 2. The van der Waals surface area contributed by atoms with Crippen molar-refractivity contribution in [3.63, 3.8) is 0 Å².